The van der Waals surface area contributed by atoms with Gasteiger partial charge >= 0.3 is 5.38 Å². The largest absolute Gasteiger partial charge is 0.338 e. The van der Waals surface area contributed by atoms with Gasteiger partial charge in [0, 0.05) is 0 Å². The predicted molar refractivity (Wildman–Crippen MR) is 48.5 cm³/mol. The molecule has 1 rings (SSSR count). The van der Waals surface area contributed by atoms with Crippen LogP contribution in [0, 0.1) is 5.92 Å². The van der Waals surface area contributed by atoms with Gasteiger partial charge in [-0.05, 0) is 30.4 Å². The number of nitrogens with two attached hydrogens (primary N) is 1. The molecule has 0 amide bonds. The molecule has 0 heterocycles. The third-order valence-corrected chi connectivity index (χ3v) is 2.89. The molecule has 0 radical (unpaired) electrons. The molecule has 1 saturated carbocycles. The molecule has 1 unspecified atom stereocenters. The van der Waals surface area contributed by atoms with Crippen LogP contribution < -0.4 is 11.3 Å². The van der Waals surface area contributed by atoms with Crippen molar-refractivity contribution in [2.45, 2.75) is 43.5 Å². The smallest absolute Gasteiger partial charge is 0.271 e. The molecule has 1 fully saturated rings. The lowest BCUT2D eigenvalue weighted by Crippen LogP contribution is -2.50. The second-order valence-electron chi connectivity index (χ2n) is 3.58. The van der Waals surface area contributed by atoms with Gasteiger partial charge in [0.2, 0.25) is 0 Å². The fourth-order valence-corrected chi connectivity index (χ4v) is 2.21. The van der Waals surface area contributed by atoms with Crippen LogP contribution in [0.3, 0.4) is 0 Å². The molecule has 13 heavy (non-hydrogen) atoms. The van der Waals surface area contributed by atoms with E-state index < -0.39 is 11.4 Å². The average molecular weight is 213 g/mol. The molecule has 0 aromatic heterocycles. The summed E-state index contributed by atoms with van der Waals surface area (Å²) in [6, 6.07) is -1.09. The summed E-state index contributed by atoms with van der Waals surface area (Å²) in [7, 11) is 0. The van der Waals surface area contributed by atoms with Gasteiger partial charge in [-0.1, -0.05) is 19.3 Å². The monoisotopic (exact) mass is 212 g/mol. The maximum atomic E-state index is 12.8. The zero-order valence-electron chi connectivity index (χ0n) is 7.40. The minimum atomic E-state index is -3.24. The van der Waals surface area contributed by atoms with Crippen molar-refractivity contribution >= 4 is 11.6 Å². The third-order valence-electron chi connectivity index (χ3n) is 2.65. The Balaban J connectivity index is 2.54. The Morgan fingerprint density at radius 2 is 1.85 bits per heavy atom. The van der Waals surface area contributed by atoms with Crippen molar-refractivity contribution < 1.29 is 8.78 Å². The lowest BCUT2D eigenvalue weighted by Gasteiger charge is -2.31. The molecule has 3 N–H and O–H groups in total. The Hall–Kier alpha value is 0.0700. The van der Waals surface area contributed by atoms with Gasteiger partial charge in [0.15, 0.2) is 0 Å². The SMILES string of the molecule is NNC(C1CCCCC1)C(F)(F)Cl. The standard InChI is InChI=1S/C8H15ClF2N2/c9-8(10,11)7(13-12)6-4-2-1-3-5-6/h6-7,13H,1-5,12H2. The van der Waals surface area contributed by atoms with Crippen molar-refractivity contribution in [2.24, 2.45) is 11.8 Å². The molecule has 5 heteroatoms. The molecule has 0 bridgehead atoms. The summed E-state index contributed by atoms with van der Waals surface area (Å²) in [4.78, 5) is 0. The van der Waals surface area contributed by atoms with Crippen LogP contribution in [0.25, 0.3) is 0 Å². The van der Waals surface area contributed by atoms with Crippen molar-refractivity contribution in [3.63, 3.8) is 0 Å². The Morgan fingerprint density at radius 1 is 1.31 bits per heavy atom. The van der Waals surface area contributed by atoms with E-state index in [0.717, 1.165) is 32.1 Å². The minimum Gasteiger partial charge on any atom is -0.271 e. The van der Waals surface area contributed by atoms with Gasteiger partial charge in [-0.15, -0.1) is 0 Å². The predicted octanol–water partition coefficient (Wildman–Crippen LogP) is 2.23. The van der Waals surface area contributed by atoms with Crippen LogP contribution in [0.1, 0.15) is 32.1 Å². The Bertz CT molecular complexity index is 155. The first kappa shape index (κ1) is 11.1. The van der Waals surface area contributed by atoms with E-state index in [1.54, 1.807) is 0 Å². The molecule has 0 saturated heterocycles. The molecular formula is C8H15ClF2N2. The van der Waals surface area contributed by atoms with E-state index >= 15 is 0 Å². The van der Waals surface area contributed by atoms with Gasteiger partial charge in [-0.25, -0.2) is 5.43 Å². The highest BCUT2D eigenvalue weighted by atomic mass is 35.5. The number of nitrogens with one attached hydrogen (secondary N) is 1. The summed E-state index contributed by atoms with van der Waals surface area (Å²) >= 11 is 4.96. The van der Waals surface area contributed by atoms with Crippen molar-refractivity contribution in [3.05, 3.63) is 0 Å². The Kier molecular flexibility index (Phi) is 3.88. The Morgan fingerprint density at radius 3 is 2.23 bits per heavy atom. The number of hydrazine groups is 1. The van der Waals surface area contributed by atoms with Crippen LogP contribution in [0.4, 0.5) is 8.78 Å². The number of alkyl halides is 3. The molecular weight excluding hydrogens is 198 g/mol. The maximum absolute atomic E-state index is 12.8. The molecule has 0 aromatic rings. The average Bonchev–Trinajstić information content (AvgIpc) is 2.05. The highest BCUT2D eigenvalue weighted by Gasteiger charge is 2.41. The number of hydrogen-bond acceptors (Lipinski definition) is 2. The van der Waals surface area contributed by atoms with Crippen molar-refractivity contribution in [3.8, 4) is 0 Å². The van der Waals surface area contributed by atoms with Crippen LogP contribution >= 0.6 is 11.6 Å². The van der Waals surface area contributed by atoms with E-state index in [0.29, 0.717) is 0 Å². The van der Waals surface area contributed by atoms with Crippen LogP contribution in [-0.4, -0.2) is 11.4 Å². The quantitative estimate of drug-likeness (QED) is 0.428. The maximum Gasteiger partial charge on any atom is 0.338 e. The van der Waals surface area contributed by atoms with Crippen LogP contribution in [0.5, 0.6) is 0 Å². The first-order valence-electron chi connectivity index (χ1n) is 4.58. The van der Waals surface area contributed by atoms with Crippen LogP contribution in [-0.2, 0) is 0 Å². The van der Waals surface area contributed by atoms with Gasteiger partial charge in [0.1, 0.15) is 6.04 Å². The lowest BCUT2D eigenvalue weighted by molar-refractivity contribution is 0.0163. The Labute approximate surface area is 81.8 Å². The van der Waals surface area contributed by atoms with Gasteiger partial charge in [-0.3, -0.25) is 5.84 Å². The van der Waals surface area contributed by atoms with E-state index in [1.807, 2.05) is 0 Å². The minimum absolute atomic E-state index is 0.0914. The van der Waals surface area contributed by atoms with E-state index in [2.05, 4.69) is 5.43 Å². The molecule has 0 spiro atoms. The van der Waals surface area contributed by atoms with Crippen molar-refractivity contribution in [1.29, 1.82) is 0 Å². The highest BCUT2D eigenvalue weighted by molar-refractivity contribution is 6.22. The molecule has 2 nitrogen and oxygen atoms in total. The van der Waals surface area contributed by atoms with Gasteiger partial charge < -0.3 is 0 Å². The van der Waals surface area contributed by atoms with Crippen LogP contribution in [0.15, 0.2) is 0 Å². The zero-order chi connectivity index (χ0) is 9.90. The van der Waals surface area contributed by atoms with Gasteiger partial charge in [0.05, 0.1) is 0 Å². The van der Waals surface area contributed by atoms with E-state index in [-0.39, 0.29) is 5.92 Å². The first-order valence-corrected chi connectivity index (χ1v) is 4.96. The number of hydrogen-bond donors (Lipinski definition) is 2. The molecule has 0 aromatic carbocycles. The second kappa shape index (κ2) is 4.53. The van der Waals surface area contributed by atoms with E-state index in [1.165, 1.54) is 0 Å². The first-order chi connectivity index (χ1) is 6.05. The normalized spacial score (nSPS) is 23.1. The fraction of sp³-hybridized carbons (Fsp3) is 1.00. The fourth-order valence-electron chi connectivity index (χ4n) is 1.97. The summed E-state index contributed by atoms with van der Waals surface area (Å²) < 4.78 is 25.6. The van der Waals surface area contributed by atoms with Crippen molar-refractivity contribution in [2.75, 3.05) is 0 Å². The molecule has 78 valence electrons. The number of rotatable bonds is 3. The molecule has 1 aliphatic carbocycles. The molecule has 0 aliphatic heterocycles. The van der Waals surface area contributed by atoms with Gasteiger partial charge in [-0.2, -0.15) is 8.78 Å². The molecule has 1 atom stereocenters. The van der Waals surface area contributed by atoms with Gasteiger partial charge in [0.25, 0.3) is 0 Å². The topological polar surface area (TPSA) is 38.0 Å². The summed E-state index contributed by atoms with van der Waals surface area (Å²) in [6.45, 7) is 0. The molecule has 1 aliphatic rings. The number of halogens is 3. The second-order valence-corrected chi connectivity index (χ2v) is 4.09. The van der Waals surface area contributed by atoms with E-state index in [9.17, 15) is 8.78 Å². The lowest BCUT2D eigenvalue weighted by atomic mass is 9.84. The van der Waals surface area contributed by atoms with Crippen LogP contribution in [0.2, 0.25) is 0 Å². The van der Waals surface area contributed by atoms with Crippen molar-refractivity contribution in [1.82, 2.24) is 5.43 Å². The third kappa shape index (κ3) is 3.04. The van der Waals surface area contributed by atoms with E-state index in [4.69, 9.17) is 17.4 Å². The summed E-state index contributed by atoms with van der Waals surface area (Å²) in [5, 5.41) is -3.24. The zero-order valence-corrected chi connectivity index (χ0v) is 8.16. The summed E-state index contributed by atoms with van der Waals surface area (Å²) in [6.07, 6.45) is 4.70. The highest BCUT2D eigenvalue weighted by Crippen LogP contribution is 2.35. The summed E-state index contributed by atoms with van der Waals surface area (Å²) in [5.74, 6) is 4.98. The summed E-state index contributed by atoms with van der Waals surface area (Å²) in [5.41, 5.74) is 2.13.